The largest absolute Gasteiger partial charge is 0.395 e. The van der Waals surface area contributed by atoms with Crippen LogP contribution in [0.15, 0.2) is 41.3 Å². The molecule has 1 aromatic carbocycles. The van der Waals surface area contributed by atoms with Crippen molar-refractivity contribution in [2.45, 2.75) is 32.0 Å². The third-order valence-electron chi connectivity index (χ3n) is 8.11. The van der Waals surface area contributed by atoms with Crippen LogP contribution >= 0.6 is 0 Å². The summed E-state index contributed by atoms with van der Waals surface area (Å²) in [6, 6.07) is 8.91. The Bertz CT molecular complexity index is 1250. The number of carbonyl (C=O) groups excluding carboxylic acids is 2. The molecule has 12 nitrogen and oxygen atoms in total. The van der Waals surface area contributed by atoms with Crippen molar-refractivity contribution in [2.24, 2.45) is 29.2 Å². The number of nitrogens with zero attached hydrogens (tertiary/aromatic N) is 5. The molecule has 1 saturated carbocycles. The Labute approximate surface area is 227 Å². The molecule has 39 heavy (non-hydrogen) atoms. The monoisotopic (exact) mass is 538 g/mol. The smallest absolute Gasteiger partial charge is 0.354 e. The normalized spacial score (nSPS) is 23.9. The molecule has 6 N–H and O–H groups in total. The maximum absolute atomic E-state index is 12.7. The lowest BCUT2D eigenvalue weighted by Crippen LogP contribution is -2.58. The fourth-order valence-corrected chi connectivity index (χ4v) is 5.94. The predicted molar refractivity (Wildman–Crippen MR) is 146 cm³/mol. The number of amides is 3. The van der Waals surface area contributed by atoms with Crippen LogP contribution in [0.5, 0.6) is 0 Å². The standard InChI is InChI=1S/C27H38N8O4/c1-27(2,29)24(37)33-9-11-34(12-10-33)25(38)30-22-7-8-35(26(39)31-22)18-5-3-17(4-6-18)13-32-14-19-20(15-32)23(19)21(28)16-36/h3-8,19-21,23,36H,9-16,28-29H2,1-2H3,(H,30,31,38,39)/t19?,20?,21-,23?/m1/s1. The molecule has 2 saturated heterocycles. The van der Waals surface area contributed by atoms with Crippen LogP contribution in [0.1, 0.15) is 19.4 Å². The number of benzene rings is 1. The summed E-state index contributed by atoms with van der Waals surface area (Å²) >= 11 is 0. The number of aliphatic hydroxyl groups is 1. The quantitative estimate of drug-likeness (QED) is 0.371. The number of aliphatic hydroxyl groups excluding tert-OH is 1. The third-order valence-corrected chi connectivity index (χ3v) is 8.11. The van der Waals surface area contributed by atoms with Gasteiger partial charge in [-0.15, -0.1) is 0 Å². The first-order valence-electron chi connectivity index (χ1n) is 13.5. The van der Waals surface area contributed by atoms with Crippen molar-refractivity contribution in [3.63, 3.8) is 0 Å². The molecule has 3 atom stereocenters. The van der Waals surface area contributed by atoms with E-state index in [0.29, 0.717) is 49.6 Å². The number of rotatable bonds is 7. The fraction of sp³-hybridized carbons (Fsp3) is 0.556. The predicted octanol–water partition coefficient (Wildman–Crippen LogP) is -0.357. The summed E-state index contributed by atoms with van der Waals surface area (Å²) in [6.45, 7) is 7.75. The molecular formula is C27H38N8O4. The van der Waals surface area contributed by atoms with Gasteiger partial charge in [-0.05, 0) is 55.4 Å². The number of anilines is 1. The number of fused-ring (bicyclic) bond motifs is 1. The molecule has 0 spiro atoms. The number of piperazine rings is 1. The van der Waals surface area contributed by atoms with E-state index < -0.39 is 11.2 Å². The number of carbonyl (C=O) groups is 2. The number of hydrogen-bond acceptors (Lipinski definition) is 8. The molecule has 3 fully saturated rings. The van der Waals surface area contributed by atoms with Gasteiger partial charge >= 0.3 is 11.7 Å². The summed E-state index contributed by atoms with van der Waals surface area (Å²) in [4.78, 5) is 47.5. The lowest BCUT2D eigenvalue weighted by Gasteiger charge is -2.37. The van der Waals surface area contributed by atoms with E-state index >= 15 is 0 Å². The second-order valence-electron chi connectivity index (χ2n) is 11.5. The number of aromatic nitrogens is 2. The zero-order valence-corrected chi connectivity index (χ0v) is 22.5. The highest BCUT2D eigenvalue weighted by molar-refractivity contribution is 5.89. The summed E-state index contributed by atoms with van der Waals surface area (Å²) in [5.41, 5.74) is 12.3. The van der Waals surface area contributed by atoms with Gasteiger partial charge in [0.25, 0.3) is 0 Å². The number of nitrogens with one attached hydrogen (secondary N) is 1. The lowest BCUT2D eigenvalue weighted by atomic mass is 10.1. The zero-order chi connectivity index (χ0) is 27.9. The molecule has 3 amide bonds. The Kier molecular flexibility index (Phi) is 7.47. The van der Waals surface area contributed by atoms with Gasteiger partial charge in [-0.3, -0.25) is 19.6 Å². The molecule has 0 radical (unpaired) electrons. The van der Waals surface area contributed by atoms with Crippen molar-refractivity contribution >= 4 is 17.8 Å². The molecule has 0 bridgehead atoms. The molecule has 12 heteroatoms. The number of urea groups is 1. The van der Waals surface area contributed by atoms with Crippen molar-refractivity contribution in [1.29, 1.82) is 0 Å². The minimum absolute atomic E-state index is 0.0511. The van der Waals surface area contributed by atoms with Gasteiger partial charge < -0.3 is 26.4 Å². The van der Waals surface area contributed by atoms with Gasteiger partial charge in [-0.25, -0.2) is 9.59 Å². The van der Waals surface area contributed by atoms with Crippen molar-refractivity contribution in [3.8, 4) is 5.69 Å². The van der Waals surface area contributed by atoms with E-state index in [1.54, 1.807) is 35.9 Å². The van der Waals surface area contributed by atoms with Crippen LogP contribution in [0.2, 0.25) is 0 Å². The van der Waals surface area contributed by atoms with Crippen LogP contribution in [0.3, 0.4) is 0 Å². The zero-order valence-electron chi connectivity index (χ0n) is 22.5. The Morgan fingerprint density at radius 3 is 2.26 bits per heavy atom. The van der Waals surface area contributed by atoms with Gasteiger partial charge in [0.1, 0.15) is 5.82 Å². The Morgan fingerprint density at radius 2 is 1.69 bits per heavy atom. The topological polar surface area (TPSA) is 163 Å². The van der Waals surface area contributed by atoms with Gasteiger partial charge in [-0.2, -0.15) is 4.98 Å². The highest BCUT2D eigenvalue weighted by atomic mass is 16.3. The van der Waals surface area contributed by atoms with Crippen LogP contribution in [0.4, 0.5) is 10.6 Å². The Hall–Kier alpha value is -3.32. The van der Waals surface area contributed by atoms with E-state index in [-0.39, 0.29) is 30.4 Å². The summed E-state index contributed by atoms with van der Waals surface area (Å²) in [7, 11) is 0. The Morgan fingerprint density at radius 1 is 1.08 bits per heavy atom. The minimum Gasteiger partial charge on any atom is -0.395 e. The summed E-state index contributed by atoms with van der Waals surface area (Å²) in [6.07, 6.45) is 1.60. The average Bonchev–Trinajstić information content (AvgIpc) is 3.42. The highest BCUT2D eigenvalue weighted by Gasteiger charge is 2.57. The van der Waals surface area contributed by atoms with E-state index in [4.69, 9.17) is 11.5 Å². The molecule has 210 valence electrons. The summed E-state index contributed by atoms with van der Waals surface area (Å²) in [5, 5.41) is 12.0. The molecule has 2 aliphatic heterocycles. The maximum Gasteiger partial charge on any atom is 0.354 e. The fourth-order valence-electron chi connectivity index (χ4n) is 5.94. The van der Waals surface area contributed by atoms with Crippen LogP contribution in [-0.4, -0.2) is 98.8 Å². The van der Waals surface area contributed by atoms with Gasteiger partial charge in [0.05, 0.1) is 17.8 Å². The van der Waals surface area contributed by atoms with Gasteiger partial charge in [0, 0.05) is 58.1 Å². The number of piperidine rings is 1. The highest BCUT2D eigenvalue weighted by Crippen LogP contribution is 2.53. The number of nitrogens with two attached hydrogens (primary N) is 2. The molecule has 5 rings (SSSR count). The first-order valence-corrected chi connectivity index (χ1v) is 13.5. The molecule has 1 aliphatic carbocycles. The summed E-state index contributed by atoms with van der Waals surface area (Å²) in [5.74, 6) is 1.66. The molecule has 2 unspecified atom stereocenters. The van der Waals surface area contributed by atoms with E-state index in [1.807, 2.05) is 24.3 Å². The Balaban J connectivity index is 1.13. The van der Waals surface area contributed by atoms with E-state index in [2.05, 4.69) is 15.2 Å². The SMILES string of the molecule is CC(C)(N)C(=O)N1CCN(C(=O)Nc2ccn(-c3ccc(CN4CC5C(C4)C5[C@H](N)CO)cc3)c(=O)n2)CC1. The van der Waals surface area contributed by atoms with Crippen molar-refractivity contribution in [2.75, 3.05) is 51.2 Å². The van der Waals surface area contributed by atoms with Crippen molar-refractivity contribution < 1.29 is 14.7 Å². The maximum atomic E-state index is 12.7. The van der Waals surface area contributed by atoms with E-state index in [9.17, 15) is 19.5 Å². The van der Waals surface area contributed by atoms with Crippen LogP contribution in [0, 0.1) is 17.8 Å². The van der Waals surface area contributed by atoms with Crippen molar-refractivity contribution in [3.05, 3.63) is 52.6 Å². The van der Waals surface area contributed by atoms with E-state index in [1.165, 1.54) is 4.57 Å². The first-order chi connectivity index (χ1) is 18.5. The van der Waals surface area contributed by atoms with Gasteiger partial charge in [-0.1, -0.05) is 12.1 Å². The van der Waals surface area contributed by atoms with Gasteiger partial charge in [0.2, 0.25) is 5.91 Å². The number of hydrogen-bond donors (Lipinski definition) is 4. The lowest BCUT2D eigenvalue weighted by molar-refractivity contribution is -0.137. The third kappa shape index (κ3) is 5.83. The first kappa shape index (κ1) is 27.3. The second-order valence-corrected chi connectivity index (χ2v) is 11.5. The molecular weight excluding hydrogens is 500 g/mol. The number of likely N-dealkylation sites (tertiary alicyclic amines) is 1. The van der Waals surface area contributed by atoms with Crippen LogP contribution in [-0.2, 0) is 11.3 Å². The molecule has 2 aromatic rings. The van der Waals surface area contributed by atoms with Gasteiger partial charge in [0.15, 0.2) is 0 Å². The van der Waals surface area contributed by atoms with Crippen molar-refractivity contribution in [1.82, 2.24) is 24.3 Å². The molecule has 3 heterocycles. The summed E-state index contributed by atoms with van der Waals surface area (Å²) < 4.78 is 1.43. The molecule has 1 aromatic heterocycles. The second kappa shape index (κ2) is 10.7. The average molecular weight is 539 g/mol. The van der Waals surface area contributed by atoms with E-state index in [0.717, 1.165) is 25.2 Å². The van der Waals surface area contributed by atoms with Crippen LogP contribution < -0.4 is 22.5 Å². The van der Waals surface area contributed by atoms with Crippen LogP contribution in [0.25, 0.3) is 5.69 Å². The molecule has 3 aliphatic rings. The minimum atomic E-state index is -0.951.